The van der Waals surface area contributed by atoms with Gasteiger partial charge in [0.05, 0.1) is 0 Å². The molecule has 0 aromatic heterocycles. The fraction of sp³-hybridized carbons (Fsp3) is 0.381. The molecule has 1 atom stereocenters. The van der Waals surface area contributed by atoms with E-state index in [0.717, 1.165) is 17.9 Å². The first-order valence-corrected chi connectivity index (χ1v) is 8.99. The third-order valence-corrected chi connectivity index (χ3v) is 4.69. The smallest absolute Gasteiger partial charge is 0.406 e. The fourth-order valence-corrected chi connectivity index (χ4v) is 3.14. The maximum absolute atomic E-state index is 13.1. The van der Waals surface area contributed by atoms with Crippen molar-refractivity contribution in [2.24, 2.45) is 0 Å². The average molecular weight is 378 g/mol. The van der Waals surface area contributed by atoms with Gasteiger partial charge in [-0.25, -0.2) is 4.79 Å². The second-order valence-corrected chi connectivity index (χ2v) is 6.17. The normalized spacial score (nSPS) is 12.3. The van der Waals surface area contributed by atoms with E-state index < -0.39 is 11.6 Å². The van der Waals surface area contributed by atoms with Gasteiger partial charge in [-0.1, -0.05) is 74.5 Å². The number of rotatable bonds is 8. The lowest BCUT2D eigenvalue weighted by atomic mass is 9.86. The molecule has 4 nitrogen and oxygen atoms in total. The molecule has 0 spiro atoms. The van der Waals surface area contributed by atoms with Crippen LogP contribution in [0.25, 0.3) is 0 Å². The Kier molecular flexibility index (Phi) is 8.79. The minimum Gasteiger partial charge on any atom is -1.00 e. The summed E-state index contributed by atoms with van der Waals surface area (Å²) >= 11 is 0. The van der Waals surface area contributed by atoms with Crippen molar-refractivity contribution in [2.75, 3.05) is 6.54 Å². The van der Waals surface area contributed by atoms with Crippen molar-refractivity contribution in [2.45, 2.75) is 45.3 Å². The predicted molar refractivity (Wildman–Crippen MR) is 97.8 cm³/mol. The first kappa shape index (κ1) is 22.2. The van der Waals surface area contributed by atoms with E-state index in [4.69, 9.17) is 4.84 Å². The molecule has 0 bridgehead atoms. The van der Waals surface area contributed by atoms with Crippen molar-refractivity contribution in [1.29, 1.82) is 0 Å². The molecule has 0 aliphatic rings. The molecular weight excluding hydrogens is 350 g/mol. The van der Waals surface area contributed by atoms with Gasteiger partial charge in [0, 0.05) is 12.8 Å². The molecule has 26 heavy (non-hydrogen) atoms. The van der Waals surface area contributed by atoms with Crippen molar-refractivity contribution in [3.8, 4) is 0 Å². The molecule has 2 rings (SSSR count). The summed E-state index contributed by atoms with van der Waals surface area (Å²) in [4.78, 5) is 18.8. The first-order chi connectivity index (χ1) is 12.1. The lowest BCUT2D eigenvalue weighted by Gasteiger charge is -2.30. The van der Waals surface area contributed by atoms with E-state index in [0.29, 0.717) is 17.7 Å². The van der Waals surface area contributed by atoms with Crippen LogP contribution >= 0.6 is 0 Å². The Labute approximate surface area is 162 Å². The van der Waals surface area contributed by atoms with Gasteiger partial charge >= 0.3 is 5.97 Å². The third-order valence-electron chi connectivity index (χ3n) is 4.69. The van der Waals surface area contributed by atoms with E-state index in [-0.39, 0.29) is 18.4 Å². The molecule has 142 valence electrons. The van der Waals surface area contributed by atoms with Gasteiger partial charge in [0.1, 0.15) is 12.6 Å². The van der Waals surface area contributed by atoms with Gasteiger partial charge in [-0.3, -0.25) is 4.84 Å². The van der Waals surface area contributed by atoms with Crippen LogP contribution in [0.4, 0.5) is 0 Å². The van der Waals surface area contributed by atoms with Crippen LogP contribution < -0.4 is 17.5 Å². The lowest BCUT2D eigenvalue weighted by Crippen LogP contribution is -3.15. The number of halogens is 1. The van der Waals surface area contributed by atoms with Gasteiger partial charge in [0.2, 0.25) is 5.60 Å². The lowest BCUT2D eigenvalue weighted by molar-refractivity contribution is -1.09. The van der Waals surface area contributed by atoms with E-state index in [9.17, 15) is 9.90 Å². The highest BCUT2D eigenvalue weighted by molar-refractivity contribution is 5.84. The summed E-state index contributed by atoms with van der Waals surface area (Å²) in [5.74, 6) is -0.645. The highest BCUT2D eigenvalue weighted by Crippen LogP contribution is 2.30. The third kappa shape index (κ3) is 4.64. The molecule has 2 aromatic carbocycles. The predicted octanol–water partition coefficient (Wildman–Crippen LogP) is -0.522. The molecule has 0 radical (unpaired) electrons. The Morgan fingerprint density at radius 2 is 1.38 bits per heavy atom. The van der Waals surface area contributed by atoms with Crippen LogP contribution in [0.5, 0.6) is 0 Å². The van der Waals surface area contributed by atoms with Crippen LogP contribution in [0.2, 0.25) is 0 Å². The molecule has 2 aromatic rings. The Bertz CT molecular complexity index is 620. The highest BCUT2D eigenvalue weighted by Gasteiger charge is 2.44. The van der Waals surface area contributed by atoms with E-state index in [1.165, 1.54) is 0 Å². The number of benzene rings is 2. The molecule has 0 heterocycles. The monoisotopic (exact) mass is 377 g/mol. The summed E-state index contributed by atoms with van der Waals surface area (Å²) in [5, 5.41) is 12.1. The van der Waals surface area contributed by atoms with Crippen LogP contribution in [0.1, 0.15) is 44.7 Å². The maximum atomic E-state index is 13.1. The average Bonchev–Trinajstić information content (AvgIpc) is 2.68. The summed E-state index contributed by atoms with van der Waals surface area (Å²) in [5.41, 5.74) is -0.813. The van der Waals surface area contributed by atoms with E-state index in [1.54, 1.807) is 24.3 Å². The number of hydroxylamine groups is 2. The number of carbonyl (C=O) groups is 1. The second-order valence-electron chi connectivity index (χ2n) is 6.17. The largest absolute Gasteiger partial charge is 1.00 e. The molecule has 0 amide bonds. The number of quaternary nitrogens is 1. The quantitative estimate of drug-likeness (QED) is 0.609. The second kappa shape index (κ2) is 10.3. The molecule has 0 aliphatic heterocycles. The molecule has 5 heteroatoms. The highest BCUT2D eigenvalue weighted by atomic mass is 35.5. The van der Waals surface area contributed by atoms with Crippen molar-refractivity contribution in [3.63, 3.8) is 0 Å². The van der Waals surface area contributed by atoms with Gasteiger partial charge in [0.25, 0.3) is 0 Å². The zero-order chi connectivity index (χ0) is 18.3. The van der Waals surface area contributed by atoms with Gasteiger partial charge in [-0.15, -0.1) is 5.06 Å². The Hall–Kier alpha value is -1.88. The van der Waals surface area contributed by atoms with Gasteiger partial charge < -0.3 is 17.5 Å². The van der Waals surface area contributed by atoms with Crippen LogP contribution in [0.3, 0.4) is 0 Å². The minimum atomic E-state index is -1.82. The molecule has 2 N–H and O–H groups in total. The molecule has 0 saturated carbocycles. The standard InChI is InChI=1S/C21H27NO3.ClH/c1-4-19(5-2)22(6-3)25-20(23)21(24,17-13-9-7-10-14-17)18-15-11-8-12-16-18;/h7-16,19,24H,4-6H2,1-3H3;1H. The maximum Gasteiger partial charge on any atom is 0.406 e. The van der Waals surface area contributed by atoms with E-state index >= 15 is 0 Å². The summed E-state index contributed by atoms with van der Waals surface area (Å²) in [7, 11) is 0. The molecular formula is C21H28ClNO3. The van der Waals surface area contributed by atoms with Crippen molar-refractivity contribution < 1.29 is 32.2 Å². The Morgan fingerprint density at radius 1 is 0.962 bits per heavy atom. The number of nitrogens with one attached hydrogen (secondary N) is 1. The summed E-state index contributed by atoms with van der Waals surface area (Å²) in [6.45, 7) is 6.79. The Balaban J connectivity index is 0.00000338. The Morgan fingerprint density at radius 3 is 1.73 bits per heavy atom. The number of aliphatic hydroxyl groups is 1. The number of hydrogen-bond acceptors (Lipinski definition) is 3. The fourth-order valence-electron chi connectivity index (χ4n) is 3.14. The zero-order valence-corrected chi connectivity index (χ0v) is 16.4. The molecule has 1 unspecified atom stereocenters. The summed E-state index contributed by atoms with van der Waals surface area (Å²) < 4.78 is 0. The van der Waals surface area contributed by atoms with E-state index in [1.807, 2.05) is 43.3 Å². The van der Waals surface area contributed by atoms with Crippen LogP contribution in [0.15, 0.2) is 60.7 Å². The zero-order valence-electron chi connectivity index (χ0n) is 15.6. The van der Waals surface area contributed by atoms with Gasteiger partial charge in [-0.2, -0.15) is 0 Å². The molecule has 0 aliphatic carbocycles. The summed E-state index contributed by atoms with van der Waals surface area (Å²) in [6.07, 6.45) is 1.81. The number of carbonyl (C=O) groups excluding carboxylic acids is 1. The SMILES string of the molecule is CCC(CC)[NH+](CC)OC(=O)C(O)(c1ccccc1)c1ccccc1.[Cl-]. The van der Waals surface area contributed by atoms with Crippen molar-refractivity contribution in [3.05, 3.63) is 71.8 Å². The van der Waals surface area contributed by atoms with Crippen LogP contribution in [-0.2, 0) is 15.2 Å². The summed E-state index contributed by atoms with van der Waals surface area (Å²) in [6, 6.07) is 18.1. The first-order valence-electron chi connectivity index (χ1n) is 8.99. The van der Waals surface area contributed by atoms with Gasteiger partial charge in [0.15, 0.2) is 0 Å². The van der Waals surface area contributed by atoms with Crippen molar-refractivity contribution in [1.82, 2.24) is 0 Å². The minimum absolute atomic E-state index is 0. The van der Waals surface area contributed by atoms with Crippen molar-refractivity contribution >= 4 is 5.97 Å². The number of hydrogen-bond donors (Lipinski definition) is 2. The molecule has 0 saturated heterocycles. The van der Waals surface area contributed by atoms with Crippen LogP contribution in [-0.4, -0.2) is 23.7 Å². The molecule has 0 fully saturated rings. The topological polar surface area (TPSA) is 51.0 Å². The van der Waals surface area contributed by atoms with Gasteiger partial charge in [-0.05, 0) is 18.1 Å². The van der Waals surface area contributed by atoms with Crippen LogP contribution in [0, 0.1) is 0 Å². The van der Waals surface area contributed by atoms with E-state index in [2.05, 4.69) is 13.8 Å².